The highest BCUT2D eigenvalue weighted by Gasteiger charge is 2.09. The highest BCUT2D eigenvalue weighted by atomic mass is 32.1. The number of nitrogens with one attached hydrogen (secondary N) is 1. The number of benzene rings is 1. The van der Waals surface area contributed by atoms with Gasteiger partial charge in [-0.05, 0) is 23.8 Å². The van der Waals surface area contributed by atoms with Gasteiger partial charge in [-0.3, -0.25) is 10.1 Å². The Morgan fingerprint density at radius 2 is 2.25 bits per heavy atom. The summed E-state index contributed by atoms with van der Waals surface area (Å²) in [5.41, 5.74) is 2.36. The average molecular weight is 294 g/mol. The first-order valence-corrected chi connectivity index (χ1v) is 6.75. The van der Waals surface area contributed by atoms with Crippen LogP contribution in [-0.4, -0.2) is 17.1 Å². The second-order valence-corrected chi connectivity index (χ2v) is 4.98. The van der Waals surface area contributed by atoms with E-state index in [4.69, 9.17) is 4.74 Å². The summed E-state index contributed by atoms with van der Waals surface area (Å²) in [5.74, 6) is 0.629. The molecule has 0 unspecified atom stereocenters. The number of anilines is 1. The van der Waals surface area contributed by atoms with Gasteiger partial charge in [-0.25, -0.2) is 0 Å². The van der Waals surface area contributed by atoms with Crippen molar-refractivity contribution in [3.05, 3.63) is 50.9 Å². The SMILES string of the molecule is COc1ccc(NCc2csc([N+](=O)[O-])c2)cc1CO. The molecular weight excluding hydrogens is 280 g/mol. The highest BCUT2D eigenvalue weighted by molar-refractivity contribution is 7.13. The van der Waals surface area contributed by atoms with Crippen LogP contribution in [0.4, 0.5) is 10.7 Å². The Labute approximate surface area is 119 Å². The van der Waals surface area contributed by atoms with E-state index in [1.165, 1.54) is 0 Å². The fraction of sp³-hybridized carbons (Fsp3) is 0.231. The van der Waals surface area contributed by atoms with Gasteiger partial charge in [0.25, 0.3) is 0 Å². The molecule has 0 aliphatic rings. The van der Waals surface area contributed by atoms with Crippen LogP contribution < -0.4 is 10.1 Å². The quantitative estimate of drug-likeness (QED) is 0.632. The van der Waals surface area contributed by atoms with E-state index in [2.05, 4.69) is 5.32 Å². The Hall–Kier alpha value is -2.12. The summed E-state index contributed by atoms with van der Waals surface area (Å²) in [6.45, 7) is 0.379. The molecule has 1 aromatic carbocycles. The van der Waals surface area contributed by atoms with Crippen molar-refractivity contribution in [3.8, 4) is 5.75 Å². The molecule has 0 amide bonds. The van der Waals surface area contributed by atoms with Crippen LogP contribution in [0.2, 0.25) is 0 Å². The zero-order chi connectivity index (χ0) is 14.5. The van der Waals surface area contributed by atoms with Crippen LogP contribution >= 0.6 is 11.3 Å². The zero-order valence-corrected chi connectivity index (χ0v) is 11.6. The van der Waals surface area contributed by atoms with E-state index in [1.807, 2.05) is 6.07 Å². The Morgan fingerprint density at radius 1 is 1.45 bits per heavy atom. The molecule has 0 radical (unpaired) electrons. The van der Waals surface area contributed by atoms with Crippen molar-refractivity contribution in [2.24, 2.45) is 0 Å². The number of ether oxygens (including phenoxy) is 1. The van der Waals surface area contributed by atoms with Gasteiger partial charge in [-0.15, -0.1) is 0 Å². The third-order valence-electron chi connectivity index (χ3n) is 2.77. The third-order valence-corrected chi connectivity index (χ3v) is 3.70. The Bertz CT molecular complexity index is 612. The first kappa shape index (κ1) is 14.3. The van der Waals surface area contributed by atoms with Crippen molar-refractivity contribution >= 4 is 22.0 Å². The number of thiophene rings is 1. The van der Waals surface area contributed by atoms with E-state index in [9.17, 15) is 15.2 Å². The van der Waals surface area contributed by atoms with Gasteiger partial charge in [0.2, 0.25) is 0 Å². The minimum atomic E-state index is -0.397. The van der Waals surface area contributed by atoms with E-state index < -0.39 is 4.92 Å². The molecule has 0 fully saturated rings. The number of nitro groups is 1. The number of rotatable bonds is 6. The second kappa shape index (κ2) is 6.36. The number of methoxy groups -OCH3 is 1. The topological polar surface area (TPSA) is 84.6 Å². The summed E-state index contributed by atoms with van der Waals surface area (Å²) in [7, 11) is 1.55. The van der Waals surface area contributed by atoms with Gasteiger partial charge in [-0.2, -0.15) is 0 Å². The molecule has 0 atom stereocenters. The maximum Gasteiger partial charge on any atom is 0.324 e. The predicted octanol–water partition coefficient (Wildman–Crippen LogP) is 2.77. The molecule has 2 N–H and O–H groups in total. The molecule has 2 rings (SSSR count). The molecule has 1 heterocycles. The van der Waals surface area contributed by atoms with Crippen molar-refractivity contribution in [2.75, 3.05) is 12.4 Å². The standard InChI is InChI=1S/C13H14N2O4S/c1-19-12-3-2-11(5-10(12)7-16)14-6-9-4-13(15(17)18)20-8-9/h2-5,8,14,16H,6-7H2,1H3. The smallest absolute Gasteiger partial charge is 0.324 e. The lowest BCUT2D eigenvalue weighted by atomic mass is 10.2. The molecule has 0 saturated carbocycles. The molecule has 0 aliphatic heterocycles. The maximum atomic E-state index is 10.6. The van der Waals surface area contributed by atoms with Crippen LogP contribution in [0.3, 0.4) is 0 Å². The fourth-order valence-corrected chi connectivity index (χ4v) is 2.50. The van der Waals surface area contributed by atoms with Crippen LogP contribution in [0.1, 0.15) is 11.1 Å². The molecule has 7 heteroatoms. The van der Waals surface area contributed by atoms with Crippen molar-refractivity contribution in [3.63, 3.8) is 0 Å². The van der Waals surface area contributed by atoms with Gasteiger partial charge in [-0.1, -0.05) is 11.3 Å². The largest absolute Gasteiger partial charge is 0.496 e. The summed E-state index contributed by atoms with van der Waals surface area (Å²) >= 11 is 1.11. The minimum Gasteiger partial charge on any atom is -0.496 e. The lowest BCUT2D eigenvalue weighted by Crippen LogP contribution is -2.00. The van der Waals surface area contributed by atoms with Crippen molar-refractivity contribution in [1.29, 1.82) is 0 Å². The maximum absolute atomic E-state index is 10.6. The molecule has 0 saturated heterocycles. The van der Waals surface area contributed by atoms with Crippen LogP contribution in [0.25, 0.3) is 0 Å². The van der Waals surface area contributed by atoms with E-state index in [-0.39, 0.29) is 11.6 Å². The molecule has 6 nitrogen and oxygen atoms in total. The van der Waals surface area contributed by atoms with Crippen LogP contribution in [0.5, 0.6) is 5.75 Å². The first-order valence-electron chi connectivity index (χ1n) is 5.87. The summed E-state index contributed by atoms with van der Waals surface area (Å²) < 4.78 is 5.12. The van der Waals surface area contributed by atoms with Crippen molar-refractivity contribution in [2.45, 2.75) is 13.2 Å². The van der Waals surface area contributed by atoms with Gasteiger partial charge in [0.1, 0.15) is 5.75 Å². The predicted molar refractivity (Wildman–Crippen MR) is 77.2 cm³/mol. The summed E-state index contributed by atoms with van der Waals surface area (Å²) in [5, 5.41) is 24.9. The number of nitrogens with zero attached hydrogens (tertiary/aromatic N) is 1. The monoisotopic (exact) mass is 294 g/mol. The summed E-state index contributed by atoms with van der Waals surface area (Å²) in [6.07, 6.45) is 0. The van der Waals surface area contributed by atoms with Gasteiger partial charge < -0.3 is 15.2 Å². The average Bonchev–Trinajstić information content (AvgIpc) is 2.94. The van der Waals surface area contributed by atoms with Crippen molar-refractivity contribution in [1.82, 2.24) is 0 Å². The molecular formula is C13H14N2O4S. The normalized spacial score (nSPS) is 10.3. The molecule has 20 heavy (non-hydrogen) atoms. The van der Waals surface area contributed by atoms with Gasteiger partial charge >= 0.3 is 5.00 Å². The summed E-state index contributed by atoms with van der Waals surface area (Å²) in [6, 6.07) is 6.94. The Morgan fingerprint density at radius 3 is 2.85 bits per heavy atom. The number of hydrogen-bond acceptors (Lipinski definition) is 6. The molecule has 0 bridgehead atoms. The van der Waals surface area contributed by atoms with Gasteiger partial charge in [0.05, 0.1) is 18.6 Å². The molecule has 106 valence electrons. The highest BCUT2D eigenvalue weighted by Crippen LogP contribution is 2.25. The zero-order valence-electron chi connectivity index (χ0n) is 10.8. The second-order valence-electron chi connectivity index (χ2n) is 4.09. The van der Waals surface area contributed by atoms with Crippen molar-refractivity contribution < 1.29 is 14.8 Å². The van der Waals surface area contributed by atoms with E-state index >= 15 is 0 Å². The first-order chi connectivity index (χ1) is 9.63. The summed E-state index contributed by atoms with van der Waals surface area (Å²) in [4.78, 5) is 10.2. The Kier molecular flexibility index (Phi) is 4.54. The minimum absolute atomic E-state index is 0.109. The van der Waals surface area contributed by atoms with E-state index in [0.717, 1.165) is 22.6 Å². The number of hydrogen-bond donors (Lipinski definition) is 2. The fourth-order valence-electron chi connectivity index (χ4n) is 1.77. The lowest BCUT2D eigenvalue weighted by Gasteiger charge is -2.10. The molecule has 0 spiro atoms. The van der Waals surface area contributed by atoms with Crippen LogP contribution in [-0.2, 0) is 13.2 Å². The molecule has 0 aliphatic carbocycles. The van der Waals surface area contributed by atoms with E-state index in [0.29, 0.717) is 17.9 Å². The van der Waals surface area contributed by atoms with Crippen LogP contribution in [0, 0.1) is 10.1 Å². The molecule has 1 aromatic heterocycles. The lowest BCUT2D eigenvalue weighted by molar-refractivity contribution is -0.380. The van der Waals surface area contributed by atoms with Gasteiger partial charge in [0, 0.05) is 29.2 Å². The molecule has 2 aromatic rings. The number of aliphatic hydroxyl groups excluding tert-OH is 1. The number of aliphatic hydroxyl groups is 1. The Balaban J connectivity index is 2.04. The van der Waals surface area contributed by atoms with Crippen LogP contribution in [0.15, 0.2) is 29.6 Å². The third kappa shape index (κ3) is 3.25. The van der Waals surface area contributed by atoms with E-state index in [1.54, 1.807) is 30.7 Å². The van der Waals surface area contributed by atoms with Gasteiger partial charge in [0.15, 0.2) is 0 Å².